The van der Waals surface area contributed by atoms with E-state index in [9.17, 15) is 4.79 Å². The molecule has 5 heteroatoms. The van der Waals surface area contributed by atoms with Gasteiger partial charge in [0.2, 0.25) is 0 Å². The third kappa shape index (κ3) is 2.54. The van der Waals surface area contributed by atoms with Crippen molar-refractivity contribution < 1.29 is 4.79 Å². The van der Waals surface area contributed by atoms with Crippen LogP contribution in [0, 0.1) is 5.92 Å². The zero-order valence-electron chi connectivity index (χ0n) is 10.8. The molecule has 0 radical (unpaired) electrons. The SMILES string of the molecule is NC(=S)C1CCCC1NC(=O)c1cc2c(s1)CCC2. The highest BCUT2D eigenvalue weighted by atomic mass is 32.1. The fourth-order valence-corrected chi connectivity index (χ4v) is 4.59. The van der Waals surface area contributed by atoms with E-state index in [1.165, 1.54) is 16.9 Å². The maximum absolute atomic E-state index is 12.3. The van der Waals surface area contributed by atoms with Crippen molar-refractivity contribution in [3.05, 3.63) is 21.4 Å². The molecule has 3 nitrogen and oxygen atoms in total. The molecule has 1 saturated carbocycles. The van der Waals surface area contributed by atoms with Gasteiger partial charge in [0.05, 0.1) is 9.87 Å². The first kappa shape index (κ1) is 13.1. The second-order valence-electron chi connectivity index (χ2n) is 5.43. The molecule has 1 fully saturated rings. The molecule has 19 heavy (non-hydrogen) atoms. The number of carbonyl (C=O) groups excluding carboxylic acids is 1. The number of rotatable bonds is 3. The molecule has 2 unspecified atom stereocenters. The van der Waals surface area contributed by atoms with Gasteiger partial charge in [0.1, 0.15) is 0 Å². The molecule has 2 aliphatic carbocycles. The molecule has 1 aromatic rings. The van der Waals surface area contributed by atoms with Crippen LogP contribution in [0.2, 0.25) is 0 Å². The minimum Gasteiger partial charge on any atom is -0.393 e. The first-order valence-corrected chi connectivity index (χ1v) is 8.09. The second kappa shape index (κ2) is 5.21. The van der Waals surface area contributed by atoms with Gasteiger partial charge in [0, 0.05) is 16.8 Å². The van der Waals surface area contributed by atoms with E-state index in [0.717, 1.165) is 37.0 Å². The van der Waals surface area contributed by atoms with Crippen LogP contribution in [-0.4, -0.2) is 16.9 Å². The molecule has 1 aromatic heterocycles. The van der Waals surface area contributed by atoms with Crippen molar-refractivity contribution in [2.75, 3.05) is 0 Å². The molecule has 0 aliphatic heterocycles. The van der Waals surface area contributed by atoms with Gasteiger partial charge >= 0.3 is 0 Å². The number of hydrogen-bond donors (Lipinski definition) is 2. The van der Waals surface area contributed by atoms with Gasteiger partial charge in [-0.05, 0) is 43.7 Å². The molecule has 102 valence electrons. The lowest BCUT2D eigenvalue weighted by Gasteiger charge is -2.19. The van der Waals surface area contributed by atoms with Gasteiger partial charge in [-0.1, -0.05) is 18.6 Å². The summed E-state index contributed by atoms with van der Waals surface area (Å²) >= 11 is 6.73. The molecule has 2 aliphatic rings. The molecule has 1 heterocycles. The summed E-state index contributed by atoms with van der Waals surface area (Å²) in [7, 11) is 0. The van der Waals surface area contributed by atoms with Crippen LogP contribution >= 0.6 is 23.6 Å². The Hall–Kier alpha value is -0.940. The average molecular weight is 294 g/mol. The lowest BCUT2D eigenvalue weighted by molar-refractivity contribution is 0.0938. The summed E-state index contributed by atoms with van der Waals surface area (Å²) < 4.78 is 0. The largest absolute Gasteiger partial charge is 0.393 e. The number of carbonyl (C=O) groups is 1. The van der Waals surface area contributed by atoms with E-state index in [4.69, 9.17) is 18.0 Å². The molecule has 3 rings (SSSR count). The number of amides is 1. The van der Waals surface area contributed by atoms with Gasteiger partial charge in [0.15, 0.2) is 0 Å². The van der Waals surface area contributed by atoms with Gasteiger partial charge < -0.3 is 11.1 Å². The van der Waals surface area contributed by atoms with Crippen molar-refractivity contribution >= 4 is 34.5 Å². The number of hydrogen-bond acceptors (Lipinski definition) is 3. The molecule has 2 atom stereocenters. The molecule has 0 bridgehead atoms. The zero-order valence-corrected chi connectivity index (χ0v) is 12.4. The van der Waals surface area contributed by atoms with Crippen LogP contribution in [0.3, 0.4) is 0 Å². The summed E-state index contributed by atoms with van der Waals surface area (Å²) in [5.41, 5.74) is 7.11. The van der Waals surface area contributed by atoms with Crippen molar-refractivity contribution in [1.29, 1.82) is 0 Å². The number of aryl methyl sites for hydroxylation is 2. The number of nitrogens with one attached hydrogen (secondary N) is 1. The molecule has 1 amide bonds. The average Bonchev–Trinajstić information content (AvgIpc) is 3.01. The summed E-state index contributed by atoms with van der Waals surface area (Å²) in [5, 5.41) is 3.12. The second-order valence-corrected chi connectivity index (χ2v) is 7.04. The Morgan fingerprint density at radius 2 is 2.21 bits per heavy atom. The van der Waals surface area contributed by atoms with Crippen LogP contribution in [0.15, 0.2) is 6.07 Å². The predicted molar refractivity (Wildman–Crippen MR) is 81.7 cm³/mol. The molecule has 0 spiro atoms. The highest BCUT2D eigenvalue weighted by Crippen LogP contribution is 2.31. The lowest BCUT2D eigenvalue weighted by atomic mass is 10.0. The van der Waals surface area contributed by atoms with Gasteiger partial charge in [-0.25, -0.2) is 0 Å². The highest BCUT2D eigenvalue weighted by molar-refractivity contribution is 7.80. The third-order valence-corrected chi connectivity index (χ3v) is 5.71. The number of fused-ring (bicyclic) bond motifs is 1. The Kier molecular flexibility index (Phi) is 3.58. The van der Waals surface area contributed by atoms with Crippen LogP contribution < -0.4 is 11.1 Å². The Morgan fingerprint density at radius 3 is 2.95 bits per heavy atom. The fourth-order valence-electron chi connectivity index (χ4n) is 3.15. The minimum atomic E-state index is 0.0487. The summed E-state index contributed by atoms with van der Waals surface area (Å²) in [6.45, 7) is 0. The Bertz CT molecular complexity index is 502. The van der Waals surface area contributed by atoms with E-state index < -0.39 is 0 Å². The molecular weight excluding hydrogens is 276 g/mol. The summed E-state index contributed by atoms with van der Waals surface area (Å²) in [5.74, 6) is 0.221. The Labute approximate surface area is 122 Å². The topological polar surface area (TPSA) is 55.1 Å². The third-order valence-electron chi connectivity index (χ3n) is 4.17. The monoisotopic (exact) mass is 294 g/mol. The van der Waals surface area contributed by atoms with Crippen LogP contribution in [0.1, 0.15) is 45.8 Å². The maximum atomic E-state index is 12.3. The van der Waals surface area contributed by atoms with Crippen molar-refractivity contribution in [2.45, 2.75) is 44.6 Å². The normalized spacial score (nSPS) is 25.3. The van der Waals surface area contributed by atoms with Crippen LogP contribution in [0.4, 0.5) is 0 Å². The van der Waals surface area contributed by atoms with Crippen molar-refractivity contribution in [3.8, 4) is 0 Å². The van der Waals surface area contributed by atoms with Crippen LogP contribution in [-0.2, 0) is 12.8 Å². The quantitative estimate of drug-likeness (QED) is 0.842. The predicted octanol–water partition coefficient (Wildman–Crippen LogP) is 2.42. The number of nitrogens with two attached hydrogens (primary N) is 1. The van der Waals surface area contributed by atoms with E-state index in [0.29, 0.717) is 4.99 Å². The van der Waals surface area contributed by atoms with Crippen molar-refractivity contribution in [2.24, 2.45) is 11.7 Å². The van der Waals surface area contributed by atoms with E-state index >= 15 is 0 Å². The minimum absolute atomic E-state index is 0.0487. The van der Waals surface area contributed by atoms with Gasteiger partial charge in [-0.2, -0.15) is 0 Å². The summed E-state index contributed by atoms with van der Waals surface area (Å²) in [4.78, 5) is 15.1. The lowest BCUT2D eigenvalue weighted by Crippen LogP contribution is -2.41. The molecule has 0 saturated heterocycles. The van der Waals surface area contributed by atoms with E-state index in [-0.39, 0.29) is 17.9 Å². The zero-order chi connectivity index (χ0) is 13.4. The van der Waals surface area contributed by atoms with Crippen LogP contribution in [0.25, 0.3) is 0 Å². The van der Waals surface area contributed by atoms with E-state index in [1.807, 2.05) is 0 Å². The number of thiophene rings is 1. The summed E-state index contributed by atoms with van der Waals surface area (Å²) in [6, 6.07) is 2.19. The smallest absolute Gasteiger partial charge is 0.261 e. The molecule has 3 N–H and O–H groups in total. The number of thiocarbonyl (C=S) groups is 1. The van der Waals surface area contributed by atoms with E-state index in [1.54, 1.807) is 11.3 Å². The van der Waals surface area contributed by atoms with Gasteiger partial charge in [-0.3, -0.25) is 4.79 Å². The molecular formula is C14H18N2OS2. The first-order chi connectivity index (χ1) is 9.15. The van der Waals surface area contributed by atoms with E-state index in [2.05, 4.69) is 11.4 Å². The van der Waals surface area contributed by atoms with Crippen molar-refractivity contribution in [1.82, 2.24) is 5.32 Å². The van der Waals surface area contributed by atoms with Gasteiger partial charge in [0.25, 0.3) is 5.91 Å². The molecule has 0 aromatic carbocycles. The van der Waals surface area contributed by atoms with Crippen molar-refractivity contribution in [3.63, 3.8) is 0 Å². The fraction of sp³-hybridized carbons (Fsp3) is 0.571. The van der Waals surface area contributed by atoms with Gasteiger partial charge in [-0.15, -0.1) is 11.3 Å². The Morgan fingerprint density at radius 1 is 1.37 bits per heavy atom. The maximum Gasteiger partial charge on any atom is 0.261 e. The van der Waals surface area contributed by atoms with Crippen LogP contribution in [0.5, 0.6) is 0 Å². The Balaban J connectivity index is 1.69. The standard InChI is InChI=1S/C14H18N2OS2/c15-13(18)9-4-2-5-10(9)16-14(17)12-7-8-3-1-6-11(8)19-12/h7,9-10H,1-6H2,(H2,15,18)(H,16,17). The summed E-state index contributed by atoms with van der Waals surface area (Å²) in [6.07, 6.45) is 6.56. The highest BCUT2D eigenvalue weighted by Gasteiger charge is 2.31. The first-order valence-electron chi connectivity index (χ1n) is 6.87.